The summed E-state index contributed by atoms with van der Waals surface area (Å²) in [6, 6.07) is -0.880. The molecule has 0 fully saturated rings. The zero-order chi connectivity index (χ0) is 47.1. The average molecular weight is 927 g/mol. The summed E-state index contributed by atoms with van der Waals surface area (Å²) in [5, 5.41) is 13.8. The van der Waals surface area contributed by atoms with Crippen molar-refractivity contribution in [2.75, 3.05) is 40.9 Å². The lowest BCUT2D eigenvalue weighted by Crippen LogP contribution is -2.45. The van der Waals surface area contributed by atoms with Gasteiger partial charge in [-0.15, -0.1) is 0 Å². The van der Waals surface area contributed by atoms with Crippen molar-refractivity contribution in [3.8, 4) is 0 Å². The third-order valence-corrected chi connectivity index (χ3v) is 14.0. The Bertz CT molecular complexity index is 1050. The van der Waals surface area contributed by atoms with Crippen molar-refractivity contribution in [2.24, 2.45) is 0 Å². The third kappa shape index (κ3) is 49.2. The molecule has 0 rings (SSSR count). The van der Waals surface area contributed by atoms with Gasteiger partial charge in [-0.05, 0) is 19.3 Å². The Morgan fingerprint density at radius 3 is 1.17 bits per heavy atom. The number of likely N-dealkylation sites (N-methyl/N-ethyl adjacent to an activating group) is 1. The van der Waals surface area contributed by atoms with E-state index in [1.54, 1.807) is 6.08 Å². The number of quaternary nitrogens is 1. The number of unbranched alkanes of at least 4 members (excludes halogenated alkanes) is 39. The van der Waals surface area contributed by atoms with Crippen LogP contribution >= 0.6 is 7.82 Å². The molecule has 0 aromatic rings. The summed E-state index contributed by atoms with van der Waals surface area (Å²) in [5.74, 6) is -0.193. The van der Waals surface area contributed by atoms with Crippen molar-refractivity contribution >= 4 is 13.7 Å². The van der Waals surface area contributed by atoms with Crippen molar-refractivity contribution in [3.63, 3.8) is 0 Å². The van der Waals surface area contributed by atoms with Crippen LogP contribution in [0.1, 0.15) is 284 Å². The molecule has 1 amide bonds. The molecule has 0 saturated carbocycles. The molecule has 0 spiro atoms. The highest BCUT2D eigenvalue weighted by Gasteiger charge is 2.23. The van der Waals surface area contributed by atoms with E-state index >= 15 is 0 Å². The minimum atomic E-state index is -4.58. The molecule has 0 aliphatic carbocycles. The number of allylic oxidation sites excluding steroid dienone is 1. The number of hydrogen-bond acceptors (Lipinski definition) is 6. The molecule has 2 N–H and O–H groups in total. The first-order valence-corrected chi connectivity index (χ1v) is 29.5. The van der Waals surface area contributed by atoms with E-state index in [4.69, 9.17) is 9.05 Å². The van der Waals surface area contributed by atoms with E-state index < -0.39 is 20.0 Å². The number of phosphoric acid groups is 1. The summed E-state index contributed by atoms with van der Waals surface area (Å²) >= 11 is 0. The standard InChI is InChI=1S/C55H111N2O6P/c1-6-8-10-12-14-16-18-19-20-21-22-23-24-25-26-27-28-29-30-31-32-33-34-35-36-37-38-39-41-43-45-47-49-55(59)56-53(52-63-64(60,61)62-51-50-57(3,4)5)54(58)48-46-44-42-40-17-15-13-11-9-7-2/h46,48,53-54,58H,6-45,47,49-52H2,1-5H3,(H-,56,59,60,61)/b48-46+. The molecule has 64 heavy (non-hydrogen) atoms. The molecule has 0 aromatic carbocycles. The van der Waals surface area contributed by atoms with E-state index in [9.17, 15) is 19.4 Å². The number of nitrogens with one attached hydrogen (secondary N) is 1. The van der Waals surface area contributed by atoms with Crippen molar-refractivity contribution in [1.29, 1.82) is 0 Å². The second-order valence-electron chi connectivity index (χ2n) is 20.7. The Labute approximate surface area is 399 Å². The summed E-state index contributed by atoms with van der Waals surface area (Å²) in [7, 11) is 1.27. The topological polar surface area (TPSA) is 108 Å². The number of carbonyl (C=O) groups is 1. The van der Waals surface area contributed by atoms with Gasteiger partial charge in [0, 0.05) is 6.42 Å². The Hall–Kier alpha value is -0.760. The molecule has 0 aromatic heterocycles. The summed E-state index contributed by atoms with van der Waals surface area (Å²) in [6.45, 7) is 4.66. The van der Waals surface area contributed by atoms with Gasteiger partial charge in [0.1, 0.15) is 13.2 Å². The van der Waals surface area contributed by atoms with Crippen LogP contribution in [0.5, 0.6) is 0 Å². The monoisotopic (exact) mass is 927 g/mol. The van der Waals surface area contributed by atoms with Gasteiger partial charge in [0.15, 0.2) is 0 Å². The third-order valence-electron chi connectivity index (χ3n) is 13.0. The first kappa shape index (κ1) is 63.2. The zero-order valence-electron chi connectivity index (χ0n) is 43.5. The number of aliphatic hydroxyl groups is 1. The van der Waals surface area contributed by atoms with Gasteiger partial charge in [0.2, 0.25) is 5.91 Å². The summed E-state index contributed by atoms with van der Waals surface area (Å²) in [4.78, 5) is 25.3. The average Bonchev–Trinajstić information content (AvgIpc) is 3.25. The highest BCUT2D eigenvalue weighted by atomic mass is 31.2. The van der Waals surface area contributed by atoms with Gasteiger partial charge < -0.3 is 28.8 Å². The van der Waals surface area contributed by atoms with Gasteiger partial charge in [0.25, 0.3) is 7.82 Å². The molecule has 0 aliphatic heterocycles. The molecule has 3 atom stereocenters. The second kappa shape index (κ2) is 47.3. The molecule has 3 unspecified atom stereocenters. The van der Waals surface area contributed by atoms with Crippen molar-refractivity contribution < 1.29 is 32.9 Å². The SMILES string of the molecule is CCCCCCCCCC/C=C/C(O)C(COP(=O)([O-])OCC[N+](C)(C)C)NC(=O)CCCCCCCCCCCCCCCCCCCCCCCCCCCCCCCCCC. The van der Waals surface area contributed by atoms with Crippen LogP contribution in [0, 0.1) is 0 Å². The molecule has 0 bridgehead atoms. The number of hydrogen-bond donors (Lipinski definition) is 2. The maximum atomic E-state index is 12.9. The van der Waals surface area contributed by atoms with E-state index in [2.05, 4.69) is 19.2 Å². The maximum Gasteiger partial charge on any atom is 0.268 e. The quantitative estimate of drug-likeness (QED) is 0.0272. The number of phosphoric ester groups is 1. The molecule has 0 heterocycles. The first-order valence-electron chi connectivity index (χ1n) is 28.1. The fourth-order valence-corrected chi connectivity index (χ4v) is 9.29. The minimum Gasteiger partial charge on any atom is -0.756 e. The van der Waals surface area contributed by atoms with Gasteiger partial charge in [-0.2, -0.15) is 0 Å². The Kier molecular flexibility index (Phi) is 46.8. The van der Waals surface area contributed by atoms with Crippen LogP contribution in [0.25, 0.3) is 0 Å². The van der Waals surface area contributed by atoms with E-state index in [0.717, 1.165) is 38.5 Å². The molecule has 9 heteroatoms. The lowest BCUT2D eigenvalue weighted by Gasteiger charge is -2.29. The predicted molar refractivity (Wildman–Crippen MR) is 275 cm³/mol. The van der Waals surface area contributed by atoms with Gasteiger partial charge in [-0.1, -0.05) is 270 Å². The molecule has 382 valence electrons. The van der Waals surface area contributed by atoms with Crippen LogP contribution in [0.3, 0.4) is 0 Å². The second-order valence-corrected chi connectivity index (χ2v) is 22.1. The Balaban J connectivity index is 3.91. The fraction of sp³-hybridized carbons (Fsp3) is 0.945. The zero-order valence-corrected chi connectivity index (χ0v) is 44.4. The van der Waals surface area contributed by atoms with E-state index in [1.807, 2.05) is 27.2 Å². The highest BCUT2D eigenvalue weighted by Crippen LogP contribution is 2.38. The number of amides is 1. The van der Waals surface area contributed by atoms with Crippen LogP contribution in [0.2, 0.25) is 0 Å². The van der Waals surface area contributed by atoms with Crippen LogP contribution in [0.15, 0.2) is 12.2 Å². The molecule has 0 aliphatic rings. The predicted octanol–water partition coefficient (Wildman–Crippen LogP) is 16.0. The lowest BCUT2D eigenvalue weighted by atomic mass is 10.0. The Morgan fingerprint density at radius 2 is 0.844 bits per heavy atom. The normalized spacial score (nSPS) is 14.0. The number of aliphatic hydroxyl groups excluding tert-OH is 1. The van der Waals surface area contributed by atoms with Gasteiger partial charge in [0.05, 0.1) is 39.9 Å². The summed E-state index contributed by atoms with van der Waals surface area (Å²) < 4.78 is 23.2. The molecule has 8 nitrogen and oxygen atoms in total. The van der Waals surface area contributed by atoms with Crippen LogP contribution in [-0.2, 0) is 18.4 Å². The van der Waals surface area contributed by atoms with Crippen molar-refractivity contribution in [3.05, 3.63) is 12.2 Å². The molecular formula is C55H111N2O6P. The van der Waals surface area contributed by atoms with Gasteiger partial charge in [-0.25, -0.2) is 0 Å². The molecular weight excluding hydrogens is 816 g/mol. The van der Waals surface area contributed by atoms with Crippen LogP contribution in [0.4, 0.5) is 0 Å². The van der Waals surface area contributed by atoms with Crippen molar-refractivity contribution in [1.82, 2.24) is 5.32 Å². The first-order chi connectivity index (χ1) is 31.0. The summed E-state index contributed by atoms with van der Waals surface area (Å²) in [6.07, 6.45) is 57.4. The molecule has 0 saturated heterocycles. The minimum absolute atomic E-state index is 0.00206. The maximum absolute atomic E-state index is 12.9. The van der Waals surface area contributed by atoms with Gasteiger partial charge >= 0.3 is 0 Å². The largest absolute Gasteiger partial charge is 0.756 e. The van der Waals surface area contributed by atoms with Crippen molar-refractivity contribution in [2.45, 2.75) is 296 Å². The fourth-order valence-electron chi connectivity index (χ4n) is 8.57. The van der Waals surface area contributed by atoms with E-state index in [-0.39, 0.29) is 19.1 Å². The van der Waals surface area contributed by atoms with E-state index in [1.165, 1.54) is 225 Å². The molecule has 0 radical (unpaired) electrons. The summed E-state index contributed by atoms with van der Waals surface area (Å²) in [5.41, 5.74) is 0. The van der Waals surface area contributed by atoms with Crippen LogP contribution in [-0.4, -0.2) is 68.5 Å². The van der Waals surface area contributed by atoms with Crippen LogP contribution < -0.4 is 10.2 Å². The number of nitrogens with zero attached hydrogens (tertiary/aromatic N) is 1. The van der Waals surface area contributed by atoms with E-state index in [0.29, 0.717) is 17.4 Å². The Morgan fingerprint density at radius 1 is 0.531 bits per heavy atom. The number of carbonyl (C=O) groups excluding carboxylic acids is 1. The number of rotatable bonds is 52. The highest BCUT2D eigenvalue weighted by molar-refractivity contribution is 7.45. The van der Waals surface area contributed by atoms with Gasteiger partial charge in [-0.3, -0.25) is 9.36 Å². The smallest absolute Gasteiger partial charge is 0.268 e. The lowest BCUT2D eigenvalue weighted by molar-refractivity contribution is -0.870.